The first-order valence-corrected chi connectivity index (χ1v) is 33.9. The minimum absolute atomic E-state index is 0.0806. The van der Waals surface area contributed by atoms with Crippen LogP contribution < -0.4 is 0 Å². The second kappa shape index (κ2) is 67.6. The van der Waals surface area contributed by atoms with Crippen LogP contribution in [-0.4, -0.2) is 37.2 Å². The number of ether oxygens (including phenoxy) is 3. The molecule has 0 saturated carbocycles. The maximum Gasteiger partial charge on any atom is 0.306 e. The molecule has 1 atom stereocenters. The zero-order valence-electron chi connectivity index (χ0n) is 52.6. The molecule has 0 spiro atoms. The molecule has 0 fully saturated rings. The number of carbonyl (C=O) groups excluding carboxylic acids is 3. The Bertz CT molecular complexity index is 1610. The van der Waals surface area contributed by atoms with Crippen molar-refractivity contribution in [1.82, 2.24) is 0 Å². The Labute approximate surface area is 495 Å². The lowest BCUT2D eigenvalue weighted by Gasteiger charge is -2.18. The molecule has 80 heavy (non-hydrogen) atoms. The molecule has 0 aliphatic carbocycles. The molecule has 0 aliphatic rings. The average Bonchev–Trinajstić information content (AvgIpc) is 3.46. The van der Waals surface area contributed by atoms with Crippen LogP contribution >= 0.6 is 0 Å². The molecule has 0 rings (SSSR count). The van der Waals surface area contributed by atoms with Crippen LogP contribution in [0.4, 0.5) is 0 Å². The van der Waals surface area contributed by atoms with Crippen LogP contribution in [0.3, 0.4) is 0 Å². The van der Waals surface area contributed by atoms with Crippen LogP contribution in [0.25, 0.3) is 0 Å². The van der Waals surface area contributed by atoms with E-state index in [0.717, 1.165) is 122 Å². The Morgan fingerprint density at radius 2 is 0.487 bits per heavy atom. The van der Waals surface area contributed by atoms with Gasteiger partial charge in [-0.05, 0) is 103 Å². The van der Waals surface area contributed by atoms with E-state index in [1.165, 1.54) is 161 Å². The van der Waals surface area contributed by atoms with Gasteiger partial charge in [-0.1, -0.05) is 310 Å². The van der Waals surface area contributed by atoms with Gasteiger partial charge in [-0.2, -0.15) is 0 Å². The van der Waals surface area contributed by atoms with Gasteiger partial charge in [-0.25, -0.2) is 0 Å². The molecular weight excluding hydrogens is 985 g/mol. The van der Waals surface area contributed by atoms with Crippen molar-refractivity contribution in [2.45, 2.75) is 329 Å². The highest BCUT2D eigenvalue weighted by atomic mass is 16.6. The highest BCUT2D eigenvalue weighted by Gasteiger charge is 2.19. The summed E-state index contributed by atoms with van der Waals surface area (Å²) in [4.78, 5) is 38.4. The Balaban J connectivity index is 4.35. The summed E-state index contributed by atoms with van der Waals surface area (Å²) in [6.07, 6.45) is 92.4. The molecule has 0 aromatic carbocycles. The van der Waals surface area contributed by atoms with Gasteiger partial charge in [0.1, 0.15) is 13.2 Å². The van der Waals surface area contributed by atoms with Gasteiger partial charge in [0.05, 0.1) is 0 Å². The third kappa shape index (κ3) is 64.9. The first-order chi connectivity index (χ1) is 39.5. The Morgan fingerprint density at radius 3 is 0.762 bits per heavy atom. The van der Waals surface area contributed by atoms with Gasteiger partial charge in [0.25, 0.3) is 0 Å². The predicted molar refractivity (Wildman–Crippen MR) is 348 cm³/mol. The molecule has 6 nitrogen and oxygen atoms in total. The summed E-state index contributed by atoms with van der Waals surface area (Å²) in [5.41, 5.74) is 0. The lowest BCUT2D eigenvalue weighted by Crippen LogP contribution is -2.30. The van der Waals surface area contributed by atoms with Crippen molar-refractivity contribution in [3.8, 4) is 0 Å². The maximum atomic E-state index is 12.9. The second-order valence-electron chi connectivity index (χ2n) is 22.3. The zero-order chi connectivity index (χ0) is 57.8. The molecule has 0 radical (unpaired) electrons. The normalized spacial score (nSPS) is 12.8. The number of rotatable bonds is 61. The number of unbranched alkanes of at least 4 members (excludes halogenated alkanes) is 32. The monoisotopic (exact) mass is 1110 g/mol. The molecule has 0 bridgehead atoms. The lowest BCUT2D eigenvalue weighted by molar-refractivity contribution is -0.167. The SMILES string of the molecule is CC/C=C\C/C=C\C/C=C\C/C=C\C/C=C\CCCCCCCCCC(=O)OC(COC(=O)CCCCCCCCCCCCCC/C=C\C/C=C\C/C=C\C/C=C\CC)COC(=O)CCCCCCCCCCCCCCCC. The summed E-state index contributed by atoms with van der Waals surface area (Å²) < 4.78 is 17.0. The van der Waals surface area contributed by atoms with E-state index in [-0.39, 0.29) is 31.1 Å². The van der Waals surface area contributed by atoms with Crippen molar-refractivity contribution in [2.75, 3.05) is 13.2 Å². The van der Waals surface area contributed by atoms with Crippen molar-refractivity contribution in [1.29, 1.82) is 0 Å². The van der Waals surface area contributed by atoms with Crippen LogP contribution in [0.5, 0.6) is 0 Å². The number of hydrogen-bond donors (Lipinski definition) is 0. The van der Waals surface area contributed by atoms with Gasteiger partial charge < -0.3 is 14.2 Å². The van der Waals surface area contributed by atoms with Crippen molar-refractivity contribution in [3.63, 3.8) is 0 Å². The van der Waals surface area contributed by atoms with E-state index in [1.807, 2.05) is 0 Å². The Kier molecular flexibility index (Phi) is 64.3. The van der Waals surface area contributed by atoms with E-state index < -0.39 is 6.10 Å². The van der Waals surface area contributed by atoms with E-state index in [9.17, 15) is 14.4 Å². The van der Waals surface area contributed by atoms with E-state index in [0.29, 0.717) is 19.3 Å². The van der Waals surface area contributed by atoms with E-state index >= 15 is 0 Å². The van der Waals surface area contributed by atoms with Gasteiger partial charge >= 0.3 is 17.9 Å². The van der Waals surface area contributed by atoms with Gasteiger partial charge in [0, 0.05) is 19.3 Å². The number of allylic oxidation sites excluding steroid dienone is 18. The molecule has 6 heteroatoms. The molecule has 0 amide bonds. The van der Waals surface area contributed by atoms with Crippen molar-refractivity contribution < 1.29 is 28.6 Å². The standard InChI is InChI=1S/C74H126O6/c1-4-7-10-13-16-19-22-25-28-30-32-34-36-37-39-40-42-44-46-49-52-55-58-61-64-67-73(76)79-70-71(69-78-72(75)66-63-60-57-54-51-48-27-24-21-18-15-12-9-6-3)80-74(77)68-65-62-59-56-53-50-47-45-43-41-38-35-33-31-29-26-23-20-17-14-11-8-5-2/h7-8,10-11,16-17,19-20,25-26,28-29,32-35,41,43,71H,4-6,9,12-15,18,21-24,27,30-31,36-40,42,44-70H2,1-3H3/b10-7-,11-8-,19-16-,20-17-,28-25-,29-26-,34-32-,35-33-,43-41-. The van der Waals surface area contributed by atoms with Crippen molar-refractivity contribution in [2.24, 2.45) is 0 Å². The molecular formula is C74H126O6. The van der Waals surface area contributed by atoms with Gasteiger partial charge in [-0.3, -0.25) is 14.4 Å². The Hall–Kier alpha value is -3.93. The van der Waals surface area contributed by atoms with Crippen LogP contribution in [0.1, 0.15) is 323 Å². The second-order valence-corrected chi connectivity index (χ2v) is 22.3. The van der Waals surface area contributed by atoms with Crippen LogP contribution in [0.15, 0.2) is 109 Å². The summed E-state index contributed by atoms with van der Waals surface area (Å²) >= 11 is 0. The fraction of sp³-hybridized carbons (Fsp3) is 0.716. The van der Waals surface area contributed by atoms with Crippen LogP contribution in [-0.2, 0) is 28.6 Å². The topological polar surface area (TPSA) is 78.9 Å². The summed E-state index contributed by atoms with van der Waals surface area (Å²) in [6, 6.07) is 0. The minimum Gasteiger partial charge on any atom is -0.462 e. The maximum absolute atomic E-state index is 12.9. The highest BCUT2D eigenvalue weighted by molar-refractivity contribution is 5.71. The molecule has 0 heterocycles. The molecule has 458 valence electrons. The molecule has 1 unspecified atom stereocenters. The molecule has 0 saturated heterocycles. The summed E-state index contributed by atoms with van der Waals surface area (Å²) in [7, 11) is 0. The van der Waals surface area contributed by atoms with Crippen LogP contribution in [0, 0.1) is 0 Å². The summed E-state index contributed by atoms with van der Waals surface area (Å²) in [5.74, 6) is -0.880. The highest BCUT2D eigenvalue weighted by Crippen LogP contribution is 2.17. The number of esters is 3. The van der Waals surface area contributed by atoms with E-state index in [1.54, 1.807) is 0 Å². The average molecular weight is 1110 g/mol. The molecule has 0 aromatic heterocycles. The fourth-order valence-electron chi connectivity index (χ4n) is 9.52. The predicted octanol–water partition coefficient (Wildman–Crippen LogP) is 23.4. The summed E-state index contributed by atoms with van der Waals surface area (Å²) in [5, 5.41) is 0. The molecule has 0 aliphatic heterocycles. The number of carbonyl (C=O) groups is 3. The zero-order valence-corrected chi connectivity index (χ0v) is 52.6. The van der Waals surface area contributed by atoms with Crippen molar-refractivity contribution >= 4 is 17.9 Å². The lowest BCUT2D eigenvalue weighted by atomic mass is 10.0. The number of hydrogen-bond acceptors (Lipinski definition) is 6. The van der Waals surface area contributed by atoms with E-state index in [2.05, 4.69) is 130 Å². The molecule has 0 aromatic rings. The fourth-order valence-corrected chi connectivity index (χ4v) is 9.52. The van der Waals surface area contributed by atoms with Gasteiger partial charge in [-0.15, -0.1) is 0 Å². The third-order valence-corrected chi connectivity index (χ3v) is 14.5. The third-order valence-electron chi connectivity index (χ3n) is 14.5. The van der Waals surface area contributed by atoms with Gasteiger partial charge in [0.2, 0.25) is 0 Å². The first-order valence-electron chi connectivity index (χ1n) is 33.9. The Morgan fingerprint density at radius 1 is 0.263 bits per heavy atom. The quantitative estimate of drug-likeness (QED) is 0.0261. The van der Waals surface area contributed by atoms with Crippen molar-refractivity contribution in [3.05, 3.63) is 109 Å². The largest absolute Gasteiger partial charge is 0.462 e. The summed E-state index contributed by atoms with van der Waals surface area (Å²) in [6.45, 7) is 6.44. The van der Waals surface area contributed by atoms with E-state index in [4.69, 9.17) is 14.2 Å². The minimum atomic E-state index is -0.786. The van der Waals surface area contributed by atoms with Crippen LogP contribution in [0.2, 0.25) is 0 Å². The smallest absolute Gasteiger partial charge is 0.306 e. The first kappa shape index (κ1) is 76.1. The van der Waals surface area contributed by atoms with Gasteiger partial charge in [0.15, 0.2) is 6.10 Å². The molecule has 0 N–H and O–H groups in total.